The molecule has 1 aliphatic rings. The molecule has 7 heteroatoms. The lowest BCUT2D eigenvalue weighted by Gasteiger charge is -2.20. The zero-order valence-electron chi connectivity index (χ0n) is 12.6. The molecule has 1 rings (SSSR count). The topological polar surface area (TPSA) is 121 Å². The minimum atomic E-state index is -1.18. The average molecular weight is 286 g/mol. The molecule has 0 aromatic heterocycles. The van der Waals surface area contributed by atoms with Crippen molar-refractivity contribution in [3.63, 3.8) is 0 Å². The summed E-state index contributed by atoms with van der Waals surface area (Å²) in [6, 6.07) is -0.613. The van der Waals surface area contributed by atoms with Crippen LogP contribution in [0, 0.1) is 0 Å². The summed E-state index contributed by atoms with van der Waals surface area (Å²) in [6.45, 7) is 5.27. The van der Waals surface area contributed by atoms with Crippen LogP contribution in [-0.2, 0) is 9.53 Å². The van der Waals surface area contributed by atoms with Crippen molar-refractivity contribution in [3.8, 4) is 0 Å². The van der Waals surface area contributed by atoms with Gasteiger partial charge < -0.3 is 15.6 Å². The van der Waals surface area contributed by atoms with E-state index < -0.39 is 17.6 Å². The van der Waals surface area contributed by atoms with Gasteiger partial charge in [0.2, 0.25) is 0 Å². The third-order valence-electron chi connectivity index (χ3n) is 2.80. The maximum absolute atomic E-state index is 10.5. The molecule has 0 saturated heterocycles. The van der Waals surface area contributed by atoms with Gasteiger partial charge in [0.1, 0.15) is 0 Å². The van der Waals surface area contributed by atoms with Gasteiger partial charge in [0.25, 0.3) is 0 Å². The first-order valence-electron chi connectivity index (χ1n) is 6.93. The van der Waals surface area contributed by atoms with Crippen molar-refractivity contribution in [2.75, 3.05) is 6.61 Å². The molecule has 1 aliphatic carbocycles. The normalized spacial score (nSPS) is 17.4. The third kappa shape index (κ3) is 10.6. The van der Waals surface area contributed by atoms with Crippen molar-refractivity contribution in [2.45, 2.75) is 70.6 Å². The molecule has 1 saturated carbocycles. The van der Waals surface area contributed by atoms with E-state index in [0.29, 0.717) is 6.04 Å². The third-order valence-corrected chi connectivity index (χ3v) is 2.80. The minimum Gasteiger partial charge on any atom is -0.481 e. The summed E-state index contributed by atoms with van der Waals surface area (Å²) < 4.78 is 5.16. The van der Waals surface area contributed by atoms with Gasteiger partial charge in [-0.3, -0.25) is 4.79 Å². The molecule has 116 valence electrons. The molecule has 7 nitrogen and oxygen atoms in total. The van der Waals surface area contributed by atoms with Crippen molar-refractivity contribution in [2.24, 2.45) is 10.8 Å². The minimum absolute atomic E-state index is 0.108. The molecule has 0 unspecified atom stereocenters. The Kier molecular flexibility index (Phi) is 8.96. The smallest absolute Gasteiger partial charge is 0.314 e. The number of carboxylic acids is 1. The van der Waals surface area contributed by atoms with Crippen LogP contribution < -0.4 is 5.73 Å². The van der Waals surface area contributed by atoms with Gasteiger partial charge in [-0.25, -0.2) is 0 Å². The summed E-state index contributed by atoms with van der Waals surface area (Å²) in [4.78, 5) is 12.9. The van der Waals surface area contributed by atoms with Gasteiger partial charge in [0.05, 0.1) is 12.2 Å². The fourth-order valence-electron chi connectivity index (χ4n) is 1.68. The number of nitrogens with two attached hydrogens (primary N) is 1. The highest BCUT2D eigenvalue weighted by Gasteiger charge is 2.19. The van der Waals surface area contributed by atoms with Crippen LogP contribution in [0.15, 0.2) is 5.11 Å². The van der Waals surface area contributed by atoms with Crippen molar-refractivity contribution in [1.82, 2.24) is 0 Å². The number of carbonyl (C=O) groups is 1. The Morgan fingerprint density at radius 3 is 2.30 bits per heavy atom. The van der Waals surface area contributed by atoms with Crippen LogP contribution in [0.5, 0.6) is 0 Å². The predicted octanol–water partition coefficient (Wildman–Crippen LogP) is 2.84. The van der Waals surface area contributed by atoms with Crippen LogP contribution in [0.25, 0.3) is 10.4 Å². The van der Waals surface area contributed by atoms with Crippen LogP contribution >= 0.6 is 0 Å². The fraction of sp³-hybridized carbons (Fsp3) is 0.923. The molecule has 0 aliphatic heterocycles. The van der Waals surface area contributed by atoms with E-state index in [-0.39, 0.29) is 6.61 Å². The van der Waals surface area contributed by atoms with Gasteiger partial charge in [-0.1, -0.05) is 24.4 Å². The molecule has 0 aromatic carbocycles. The van der Waals surface area contributed by atoms with E-state index in [2.05, 4.69) is 10.0 Å². The summed E-state index contributed by atoms with van der Waals surface area (Å²) in [6.07, 6.45) is 6.66. The number of hydrogen-bond acceptors (Lipinski definition) is 4. The standard InChI is InChI=1S/C7H13N3O3.C6H13N/c1-7(2,3)13-4-5(6(11)12)9-10-8;7-6-4-2-1-3-5-6/h5H,4H2,1-3H3,(H,11,12);6H,1-5,7H2/t5-;/m1./s1. The first-order chi connectivity index (χ1) is 9.26. The fourth-order valence-corrected chi connectivity index (χ4v) is 1.68. The van der Waals surface area contributed by atoms with Crippen molar-refractivity contribution in [1.29, 1.82) is 0 Å². The van der Waals surface area contributed by atoms with E-state index in [4.69, 9.17) is 21.1 Å². The molecule has 0 radical (unpaired) electrons. The number of hydrogen-bond donors (Lipinski definition) is 2. The van der Waals surface area contributed by atoms with E-state index in [1.165, 1.54) is 32.1 Å². The second-order valence-corrected chi connectivity index (χ2v) is 5.88. The monoisotopic (exact) mass is 286 g/mol. The number of aliphatic carboxylic acids is 1. The highest BCUT2D eigenvalue weighted by atomic mass is 16.5. The highest BCUT2D eigenvalue weighted by Crippen LogP contribution is 2.14. The van der Waals surface area contributed by atoms with Gasteiger partial charge >= 0.3 is 5.97 Å². The lowest BCUT2D eigenvalue weighted by Crippen LogP contribution is -2.29. The van der Waals surface area contributed by atoms with Gasteiger partial charge in [-0.05, 0) is 39.1 Å². The Hall–Kier alpha value is -1.30. The van der Waals surface area contributed by atoms with Crippen LogP contribution in [0.2, 0.25) is 0 Å². The summed E-state index contributed by atoms with van der Waals surface area (Å²) in [5, 5.41) is 11.6. The van der Waals surface area contributed by atoms with Crippen LogP contribution in [0.1, 0.15) is 52.9 Å². The average Bonchev–Trinajstić information content (AvgIpc) is 2.34. The van der Waals surface area contributed by atoms with E-state index in [0.717, 1.165) is 0 Å². The first kappa shape index (κ1) is 18.7. The largest absolute Gasteiger partial charge is 0.481 e. The maximum atomic E-state index is 10.5. The van der Waals surface area contributed by atoms with E-state index in [9.17, 15) is 4.79 Å². The summed E-state index contributed by atoms with van der Waals surface area (Å²) in [5.41, 5.74) is 13.3. The molecular weight excluding hydrogens is 260 g/mol. The van der Waals surface area contributed by atoms with Gasteiger partial charge in [-0.15, -0.1) is 0 Å². The summed E-state index contributed by atoms with van der Waals surface area (Å²) >= 11 is 0. The molecule has 20 heavy (non-hydrogen) atoms. The van der Waals surface area contributed by atoms with Gasteiger partial charge in [0, 0.05) is 11.0 Å². The highest BCUT2D eigenvalue weighted by molar-refractivity contribution is 5.73. The Labute approximate surface area is 120 Å². The zero-order valence-corrected chi connectivity index (χ0v) is 12.6. The van der Waals surface area contributed by atoms with Crippen molar-refractivity contribution < 1.29 is 14.6 Å². The zero-order chi connectivity index (χ0) is 15.6. The molecular formula is C13H26N4O3. The molecule has 0 amide bonds. The second kappa shape index (κ2) is 9.58. The Balaban J connectivity index is 0.000000428. The number of nitrogens with zero attached hydrogens (tertiary/aromatic N) is 3. The van der Waals surface area contributed by atoms with Crippen LogP contribution in [0.4, 0.5) is 0 Å². The number of azide groups is 1. The summed E-state index contributed by atoms with van der Waals surface area (Å²) in [5.74, 6) is -1.18. The molecule has 1 fully saturated rings. The van der Waals surface area contributed by atoms with E-state index in [1.54, 1.807) is 20.8 Å². The lowest BCUT2D eigenvalue weighted by molar-refractivity contribution is -0.141. The summed E-state index contributed by atoms with van der Waals surface area (Å²) in [7, 11) is 0. The lowest BCUT2D eigenvalue weighted by atomic mass is 9.97. The molecule has 0 spiro atoms. The molecule has 0 aromatic rings. The van der Waals surface area contributed by atoms with E-state index >= 15 is 0 Å². The van der Waals surface area contributed by atoms with Crippen molar-refractivity contribution in [3.05, 3.63) is 10.4 Å². The molecule has 0 bridgehead atoms. The predicted molar refractivity (Wildman–Crippen MR) is 77.3 cm³/mol. The van der Waals surface area contributed by atoms with Crippen molar-refractivity contribution >= 4 is 5.97 Å². The first-order valence-corrected chi connectivity index (χ1v) is 6.93. The van der Waals surface area contributed by atoms with Gasteiger partial charge in [-0.2, -0.15) is 0 Å². The number of carboxylic acid groups (broad SMARTS) is 1. The SMILES string of the molecule is CC(C)(C)OC[C@@H](N=[N+]=[N-])C(=O)O.NC1CCCCC1. The van der Waals surface area contributed by atoms with Gasteiger partial charge in [0.15, 0.2) is 6.04 Å². The number of rotatable bonds is 4. The van der Waals surface area contributed by atoms with Crippen LogP contribution in [0.3, 0.4) is 0 Å². The van der Waals surface area contributed by atoms with E-state index in [1.807, 2.05) is 0 Å². The molecule has 3 N–H and O–H groups in total. The quantitative estimate of drug-likeness (QED) is 0.468. The molecule has 0 heterocycles. The Morgan fingerprint density at radius 2 is 2.00 bits per heavy atom. The second-order valence-electron chi connectivity index (χ2n) is 5.88. The Bertz CT molecular complexity index is 327. The van der Waals surface area contributed by atoms with Crippen LogP contribution in [-0.4, -0.2) is 35.4 Å². The molecule has 1 atom stereocenters. The Morgan fingerprint density at radius 1 is 1.45 bits per heavy atom. The number of ether oxygens (including phenoxy) is 1. The maximum Gasteiger partial charge on any atom is 0.314 e.